The molecule has 4 aromatic carbocycles. The van der Waals surface area contributed by atoms with Crippen LogP contribution in [0.4, 0.5) is 11.4 Å². The third kappa shape index (κ3) is 7.48. The summed E-state index contributed by atoms with van der Waals surface area (Å²) in [5, 5.41) is 0. The zero-order valence-electron chi connectivity index (χ0n) is 18.4. The van der Waals surface area contributed by atoms with Gasteiger partial charge in [0.15, 0.2) is 0 Å². The number of thioether (sulfide) groups is 2. The number of para-hydroxylation sites is 2. The molecule has 0 bridgehead atoms. The van der Waals surface area contributed by atoms with E-state index in [0.717, 1.165) is 40.4 Å². The standard InChI is InChI=1S/C29H26N2S2/c1-3-12-24(13-4-1)22-30-26-16-7-9-18-28(26)32-20-11-21-33-29-19-10-8-17-27(29)31-23-25-14-5-2-6-15-25/h1-10,12-19,22-23H,11,20-21H2. The van der Waals surface area contributed by atoms with Gasteiger partial charge in [0.25, 0.3) is 0 Å². The van der Waals surface area contributed by atoms with E-state index in [1.54, 1.807) is 0 Å². The van der Waals surface area contributed by atoms with Crippen molar-refractivity contribution < 1.29 is 0 Å². The van der Waals surface area contributed by atoms with Crippen LogP contribution in [0.5, 0.6) is 0 Å². The van der Waals surface area contributed by atoms with Crippen LogP contribution in [0.3, 0.4) is 0 Å². The van der Waals surface area contributed by atoms with Gasteiger partial charge in [0.05, 0.1) is 11.4 Å². The van der Waals surface area contributed by atoms with Crippen molar-refractivity contribution in [3.05, 3.63) is 120 Å². The Morgan fingerprint density at radius 2 is 0.879 bits per heavy atom. The molecule has 2 nitrogen and oxygen atoms in total. The van der Waals surface area contributed by atoms with Crippen molar-refractivity contribution in [1.82, 2.24) is 0 Å². The van der Waals surface area contributed by atoms with Crippen molar-refractivity contribution in [2.24, 2.45) is 9.98 Å². The monoisotopic (exact) mass is 466 g/mol. The molecule has 0 amide bonds. The van der Waals surface area contributed by atoms with E-state index in [1.807, 2.05) is 84.5 Å². The fourth-order valence-electron chi connectivity index (χ4n) is 3.16. The molecule has 33 heavy (non-hydrogen) atoms. The number of aliphatic imine (C=N–C) groups is 2. The van der Waals surface area contributed by atoms with E-state index < -0.39 is 0 Å². The van der Waals surface area contributed by atoms with Crippen LogP contribution in [0.2, 0.25) is 0 Å². The number of benzene rings is 4. The first kappa shape index (κ1) is 23.1. The van der Waals surface area contributed by atoms with Crippen LogP contribution in [0.25, 0.3) is 0 Å². The highest BCUT2D eigenvalue weighted by molar-refractivity contribution is 8.00. The Morgan fingerprint density at radius 3 is 1.33 bits per heavy atom. The van der Waals surface area contributed by atoms with Crippen LogP contribution < -0.4 is 0 Å². The molecule has 0 saturated carbocycles. The third-order valence-corrected chi connectivity index (χ3v) is 7.14. The van der Waals surface area contributed by atoms with Gasteiger partial charge in [-0.15, -0.1) is 23.5 Å². The maximum atomic E-state index is 4.71. The van der Waals surface area contributed by atoms with Gasteiger partial charge in [-0.2, -0.15) is 0 Å². The first-order valence-corrected chi connectivity index (χ1v) is 13.0. The van der Waals surface area contributed by atoms with Crippen LogP contribution in [-0.2, 0) is 0 Å². The summed E-state index contributed by atoms with van der Waals surface area (Å²) >= 11 is 3.74. The largest absolute Gasteiger partial charge is 0.255 e. The SMILES string of the molecule is C(=Nc1ccccc1SCCCSc1ccccc1N=Cc1ccccc1)c1ccccc1. The van der Waals surface area contributed by atoms with E-state index in [-0.39, 0.29) is 0 Å². The van der Waals surface area contributed by atoms with Crippen LogP contribution in [0.1, 0.15) is 17.5 Å². The van der Waals surface area contributed by atoms with Gasteiger partial charge in [-0.3, -0.25) is 9.98 Å². The number of rotatable bonds is 10. The molecule has 164 valence electrons. The second-order valence-electron chi connectivity index (χ2n) is 7.32. The Morgan fingerprint density at radius 1 is 0.485 bits per heavy atom. The quantitative estimate of drug-likeness (QED) is 0.133. The molecule has 4 aromatic rings. The van der Waals surface area contributed by atoms with Gasteiger partial charge in [0.2, 0.25) is 0 Å². The predicted molar refractivity (Wildman–Crippen MR) is 146 cm³/mol. The van der Waals surface area contributed by atoms with Crippen LogP contribution in [-0.4, -0.2) is 23.9 Å². The fourth-order valence-corrected chi connectivity index (χ4v) is 5.25. The summed E-state index contributed by atoms with van der Waals surface area (Å²) in [7, 11) is 0. The molecule has 0 aromatic heterocycles. The van der Waals surface area contributed by atoms with E-state index >= 15 is 0 Å². The summed E-state index contributed by atoms with van der Waals surface area (Å²) in [5.74, 6) is 2.11. The zero-order valence-corrected chi connectivity index (χ0v) is 20.0. The molecule has 0 atom stereocenters. The first-order chi connectivity index (χ1) is 16.4. The minimum absolute atomic E-state index is 1.03. The molecule has 0 spiro atoms. The summed E-state index contributed by atoms with van der Waals surface area (Å²) in [5.41, 5.74) is 4.28. The molecule has 0 heterocycles. The highest BCUT2D eigenvalue weighted by Crippen LogP contribution is 2.32. The van der Waals surface area contributed by atoms with Gasteiger partial charge in [0, 0.05) is 22.2 Å². The molecular weight excluding hydrogens is 440 g/mol. The number of hydrogen-bond acceptors (Lipinski definition) is 4. The molecule has 0 fully saturated rings. The molecule has 4 rings (SSSR count). The van der Waals surface area contributed by atoms with Gasteiger partial charge in [-0.05, 0) is 53.3 Å². The maximum absolute atomic E-state index is 4.71. The Hall–Kier alpha value is -3.08. The predicted octanol–water partition coefficient (Wildman–Crippen LogP) is 8.46. The van der Waals surface area contributed by atoms with E-state index in [1.165, 1.54) is 9.79 Å². The van der Waals surface area contributed by atoms with Crippen LogP contribution >= 0.6 is 23.5 Å². The van der Waals surface area contributed by atoms with Crippen molar-refractivity contribution in [2.45, 2.75) is 16.2 Å². The molecule has 0 aliphatic rings. The van der Waals surface area contributed by atoms with E-state index in [4.69, 9.17) is 9.98 Å². The van der Waals surface area contributed by atoms with Crippen LogP contribution in [0, 0.1) is 0 Å². The summed E-state index contributed by atoms with van der Waals surface area (Å²) in [6.07, 6.45) is 4.98. The smallest absolute Gasteiger partial charge is 0.0765 e. The van der Waals surface area contributed by atoms with Gasteiger partial charge >= 0.3 is 0 Å². The minimum Gasteiger partial charge on any atom is -0.255 e. The summed E-state index contributed by atoms with van der Waals surface area (Å²) < 4.78 is 0. The van der Waals surface area contributed by atoms with Crippen molar-refractivity contribution in [1.29, 1.82) is 0 Å². The Balaban J connectivity index is 1.29. The maximum Gasteiger partial charge on any atom is 0.0765 e. The number of hydrogen-bond donors (Lipinski definition) is 0. The van der Waals surface area contributed by atoms with Gasteiger partial charge in [-0.25, -0.2) is 0 Å². The van der Waals surface area contributed by atoms with Crippen molar-refractivity contribution in [3.63, 3.8) is 0 Å². The molecule has 0 N–H and O–H groups in total. The molecule has 0 aliphatic heterocycles. The second-order valence-corrected chi connectivity index (χ2v) is 9.60. The molecule has 0 unspecified atom stereocenters. The lowest BCUT2D eigenvalue weighted by molar-refractivity contribution is 1.12. The average Bonchev–Trinajstić information content (AvgIpc) is 2.88. The molecule has 0 radical (unpaired) electrons. The second kappa shape index (κ2) is 12.8. The van der Waals surface area contributed by atoms with Gasteiger partial charge < -0.3 is 0 Å². The molecule has 4 heteroatoms. The number of nitrogens with zero attached hydrogens (tertiary/aromatic N) is 2. The Labute approximate surface area is 204 Å². The summed E-state index contributed by atoms with van der Waals surface area (Å²) in [6.45, 7) is 0. The van der Waals surface area contributed by atoms with Gasteiger partial charge in [-0.1, -0.05) is 84.9 Å². The highest BCUT2D eigenvalue weighted by atomic mass is 32.2. The molecular formula is C29H26N2S2. The lowest BCUT2D eigenvalue weighted by Crippen LogP contribution is -1.86. The zero-order chi connectivity index (χ0) is 22.6. The van der Waals surface area contributed by atoms with Crippen molar-refractivity contribution in [3.8, 4) is 0 Å². The van der Waals surface area contributed by atoms with E-state index in [0.29, 0.717) is 0 Å². The van der Waals surface area contributed by atoms with E-state index in [9.17, 15) is 0 Å². The van der Waals surface area contributed by atoms with Crippen LogP contribution in [0.15, 0.2) is 129 Å². The van der Waals surface area contributed by atoms with Crippen molar-refractivity contribution >= 4 is 47.3 Å². The fraction of sp³-hybridized carbons (Fsp3) is 0.103. The van der Waals surface area contributed by atoms with E-state index in [2.05, 4.69) is 60.7 Å². The Bertz CT molecular complexity index is 1090. The molecule has 0 aliphatic carbocycles. The third-order valence-electron chi connectivity index (χ3n) is 4.84. The highest BCUT2D eigenvalue weighted by Gasteiger charge is 2.03. The lowest BCUT2D eigenvalue weighted by Gasteiger charge is -2.07. The lowest BCUT2D eigenvalue weighted by atomic mass is 10.2. The first-order valence-electron chi connectivity index (χ1n) is 11.0. The minimum atomic E-state index is 1.03. The normalized spacial score (nSPS) is 11.4. The average molecular weight is 467 g/mol. The van der Waals surface area contributed by atoms with Gasteiger partial charge in [0.1, 0.15) is 0 Å². The Kier molecular flexibility index (Phi) is 8.98. The molecule has 0 saturated heterocycles. The topological polar surface area (TPSA) is 24.7 Å². The summed E-state index contributed by atoms with van der Waals surface area (Å²) in [4.78, 5) is 11.9. The summed E-state index contributed by atoms with van der Waals surface area (Å²) in [6, 6.07) is 37.2. The van der Waals surface area contributed by atoms with Crippen molar-refractivity contribution in [2.75, 3.05) is 11.5 Å².